The number of ether oxygens (including phenoxy) is 1. The van der Waals surface area contributed by atoms with E-state index in [-0.39, 0.29) is 17.7 Å². The van der Waals surface area contributed by atoms with E-state index in [9.17, 15) is 14.4 Å². The Morgan fingerprint density at radius 2 is 1.76 bits per heavy atom. The van der Waals surface area contributed by atoms with Gasteiger partial charge >= 0.3 is 5.97 Å². The Hall–Kier alpha value is -3.15. The van der Waals surface area contributed by atoms with E-state index >= 15 is 0 Å². The zero-order valence-corrected chi connectivity index (χ0v) is 16.8. The van der Waals surface area contributed by atoms with E-state index in [1.165, 1.54) is 0 Å². The molecule has 6 nitrogen and oxygen atoms in total. The number of anilines is 1. The molecule has 6 heteroatoms. The lowest BCUT2D eigenvalue weighted by molar-refractivity contribution is -0.129. The monoisotopic (exact) mass is 394 g/mol. The molecule has 1 N–H and O–H groups in total. The van der Waals surface area contributed by atoms with Crippen LogP contribution in [-0.2, 0) is 14.3 Å². The first kappa shape index (κ1) is 20.6. The van der Waals surface area contributed by atoms with Crippen molar-refractivity contribution in [3.63, 3.8) is 0 Å². The van der Waals surface area contributed by atoms with Crippen LogP contribution in [0.3, 0.4) is 0 Å². The largest absolute Gasteiger partial charge is 0.449 e. The SMILES string of the molecule is C[C@@H](OC(=O)c1ccccc1N1CCCC1=O)C(=O)NC[C@H](C)c1ccccc1. The molecule has 152 valence electrons. The molecule has 1 aliphatic heterocycles. The van der Waals surface area contributed by atoms with Crippen LogP contribution < -0.4 is 10.2 Å². The summed E-state index contributed by atoms with van der Waals surface area (Å²) in [6, 6.07) is 16.7. The van der Waals surface area contributed by atoms with Gasteiger partial charge in [0.15, 0.2) is 6.10 Å². The number of carbonyl (C=O) groups excluding carboxylic acids is 3. The van der Waals surface area contributed by atoms with Crippen LogP contribution >= 0.6 is 0 Å². The molecule has 2 atom stereocenters. The molecule has 0 bridgehead atoms. The van der Waals surface area contributed by atoms with Crippen LogP contribution in [0.2, 0.25) is 0 Å². The van der Waals surface area contributed by atoms with Crippen LogP contribution in [0.4, 0.5) is 5.69 Å². The van der Waals surface area contributed by atoms with Gasteiger partial charge in [0.2, 0.25) is 5.91 Å². The van der Waals surface area contributed by atoms with E-state index in [4.69, 9.17) is 4.74 Å². The molecule has 29 heavy (non-hydrogen) atoms. The van der Waals surface area contributed by atoms with Gasteiger partial charge in [0, 0.05) is 19.5 Å². The molecule has 1 saturated heterocycles. The fourth-order valence-corrected chi connectivity index (χ4v) is 3.36. The van der Waals surface area contributed by atoms with E-state index < -0.39 is 12.1 Å². The van der Waals surface area contributed by atoms with Crippen molar-refractivity contribution in [1.82, 2.24) is 5.32 Å². The molecule has 2 aromatic rings. The molecule has 0 aliphatic carbocycles. The maximum absolute atomic E-state index is 12.7. The number of nitrogens with zero attached hydrogens (tertiary/aromatic N) is 1. The Morgan fingerprint density at radius 1 is 1.07 bits per heavy atom. The number of rotatable bonds is 7. The molecule has 2 aromatic carbocycles. The Labute approximate surface area is 170 Å². The maximum atomic E-state index is 12.7. The average molecular weight is 394 g/mol. The number of carbonyl (C=O) groups is 3. The summed E-state index contributed by atoms with van der Waals surface area (Å²) in [5, 5.41) is 2.83. The van der Waals surface area contributed by atoms with Crippen molar-refractivity contribution in [2.75, 3.05) is 18.0 Å². The summed E-state index contributed by atoms with van der Waals surface area (Å²) < 4.78 is 5.38. The molecule has 2 amide bonds. The zero-order valence-electron chi connectivity index (χ0n) is 16.8. The summed E-state index contributed by atoms with van der Waals surface area (Å²) in [6.45, 7) is 4.60. The first-order valence-corrected chi connectivity index (χ1v) is 9.90. The summed E-state index contributed by atoms with van der Waals surface area (Å²) in [6.07, 6.45) is 0.301. The van der Waals surface area contributed by atoms with Crippen LogP contribution in [0.15, 0.2) is 54.6 Å². The van der Waals surface area contributed by atoms with Crippen LogP contribution in [0.1, 0.15) is 48.5 Å². The van der Waals surface area contributed by atoms with Crippen molar-refractivity contribution in [3.05, 3.63) is 65.7 Å². The highest BCUT2D eigenvalue weighted by Crippen LogP contribution is 2.26. The van der Waals surface area contributed by atoms with E-state index in [0.717, 1.165) is 12.0 Å². The van der Waals surface area contributed by atoms with Gasteiger partial charge in [-0.2, -0.15) is 0 Å². The predicted octanol–water partition coefficient (Wildman–Crippen LogP) is 3.28. The number of benzene rings is 2. The number of nitrogens with one attached hydrogen (secondary N) is 1. The van der Waals surface area contributed by atoms with Gasteiger partial charge in [-0.1, -0.05) is 49.4 Å². The summed E-state index contributed by atoms with van der Waals surface area (Å²) in [5.74, 6) is -0.828. The van der Waals surface area contributed by atoms with Gasteiger partial charge in [0.1, 0.15) is 0 Å². The Bertz CT molecular complexity index is 881. The molecule has 1 aliphatic rings. The molecule has 0 unspecified atom stereocenters. The first-order chi connectivity index (χ1) is 14.0. The lowest BCUT2D eigenvalue weighted by Crippen LogP contribution is -2.38. The number of esters is 1. The molecule has 0 radical (unpaired) electrons. The molecule has 1 fully saturated rings. The highest BCUT2D eigenvalue weighted by molar-refractivity contribution is 6.04. The minimum Gasteiger partial charge on any atom is -0.449 e. The molecule has 3 rings (SSSR count). The Kier molecular flexibility index (Phi) is 6.65. The summed E-state index contributed by atoms with van der Waals surface area (Å²) in [4.78, 5) is 38.7. The third-order valence-electron chi connectivity index (χ3n) is 5.09. The Balaban J connectivity index is 1.59. The molecular weight excluding hydrogens is 368 g/mol. The fourth-order valence-electron chi connectivity index (χ4n) is 3.36. The van der Waals surface area contributed by atoms with Gasteiger partial charge in [-0.05, 0) is 37.0 Å². The van der Waals surface area contributed by atoms with Crippen LogP contribution in [0.25, 0.3) is 0 Å². The summed E-state index contributed by atoms with van der Waals surface area (Å²) in [5.41, 5.74) is 1.95. The molecule has 0 aromatic heterocycles. The lowest BCUT2D eigenvalue weighted by Gasteiger charge is -2.20. The summed E-state index contributed by atoms with van der Waals surface area (Å²) >= 11 is 0. The van der Waals surface area contributed by atoms with Crippen LogP contribution in [0.5, 0.6) is 0 Å². The smallest absolute Gasteiger partial charge is 0.341 e. The van der Waals surface area contributed by atoms with Gasteiger partial charge in [0.05, 0.1) is 11.3 Å². The third kappa shape index (κ3) is 5.02. The second-order valence-corrected chi connectivity index (χ2v) is 7.27. The topological polar surface area (TPSA) is 75.7 Å². The van der Waals surface area contributed by atoms with Crippen LogP contribution in [-0.4, -0.2) is 37.0 Å². The van der Waals surface area contributed by atoms with Gasteiger partial charge in [-0.3, -0.25) is 9.59 Å². The van der Waals surface area contributed by atoms with Crippen molar-refractivity contribution in [3.8, 4) is 0 Å². The molecular formula is C23H26N2O4. The second-order valence-electron chi connectivity index (χ2n) is 7.27. The van der Waals surface area contributed by atoms with Crippen molar-refractivity contribution >= 4 is 23.5 Å². The van der Waals surface area contributed by atoms with E-state index in [1.807, 2.05) is 37.3 Å². The van der Waals surface area contributed by atoms with Crippen molar-refractivity contribution in [2.45, 2.75) is 38.7 Å². The minimum absolute atomic E-state index is 0.00839. The number of hydrogen-bond donors (Lipinski definition) is 1. The standard InChI is InChI=1S/C23H26N2O4/c1-16(18-9-4-3-5-10-18)15-24-22(27)17(2)29-23(28)19-11-6-7-12-20(19)25-14-8-13-21(25)26/h3-7,9-12,16-17H,8,13-15H2,1-2H3,(H,24,27)/t16-,17+/m0/s1. The lowest BCUT2D eigenvalue weighted by atomic mass is 10.0. The quantitative estimate of drug-likeness (QED) is 0.732. The number of hydrogen-bond acceptors (Lipinski definition) is 4. The van der Waals surface area contributed by atoms with E-state index in [2.05, 4.69) is 5.32 Å². The van der Waals surface area contributed by atoms with Crippen molar-refractivity contribution < 1.29 is 19.1 Å². The van der Waals surface area contributed by atoms with Gasteiger partial charge in [0.25, 0.3) is 5.91 Å². The Morgan fingerprint density at radius 3 is 2.45 bits per heavy atom. The van der Waals surface area contributed by atoms with E-state index in [0.29, 0.717) is 30.8 Å². The van der Waals surface area contributed by atoms with E-state index in [1.54, 1.807) is 36.1 Å². The molecule has 0 spiro atoms. The number of para-hydroxylation sites is 1. The predicted molar refractivity (Wildman–Crippen MR) is 111 cm³/mol. The normalized spacial score (nSPS) is 15.7. The van der Waals surface area contributed by atoms with Crippen molar-refractivity contribution in [1.29, 1.82) is 0 Å². The van der Waals surface area contributed by atoms with Crippen LogP contribution in [0, 0.1) is 0 Å². The highest BCUT2D eigenvalue weighted by atomic mass is 16.5. The second kappa shape index (κ2) is 9.37. The van der Waals surface area contributed by atoms with Gasteiger partial charge in [-0.15, -0.1) is 0 Å². The zero-order chi connectivity index (χ0) is 20.8. The third-order valence-corrected chi connectivity index (χ3v) is 5.09. The number of amides is 2. The average Bonchev–Trinajstić information content (AvgIpc) is 3.17. The highest BCUT2D eigenvalue weighted by Gasteiger charge is 2.27. The molecule has 1 heterocycles. The maximum Gasteiger partial charge on any atom is 0.341 e. The van der Waals surface area contributed by atoms with Gasteiger partial charge < -0.3 is 15.0 Å². The minimum atomic E-state index is -0.937. The first-order valence-electron chi connectivity index (χ1n) is 9.90. The molecule has 0 saturated carbocycles. The van der Waals surface area contributed by atoms with Gasteiger partial charge in [-0.25, -0.2) is 4.79 Å². The van der Waals surface area contributed by atoms with Crippen molar-refractivity contribution in [2.24, 2.45) is 0 Å². The fraction of sp³-hybridized carbons (Fsp3) is 0.348. The summed E-state index contributed by atoms with van der Waals surface area (Å²) in [7, 11) is 0.